The van der Waals surface area contributed by atoms with Crippen molar-refractivity contribution in [1.29, 1.82) is 0 Å². The van der Waals surface area contributed by atoms with Gasteiger partial charge in [0.15, 0.2) is 5.16 Å². The van der Waals surface area contributed by atoms with Gasteiger partial charge in [-0.05, 0) is 25.5 Å². The van der Waals surface area contributed by atoms with Crippen LogP contribution < -0.4 is 5.69 Å². The molecule has 112 valence electrons. The maximum Gasteiger partial charge on any atom is 0.344 e. The number of nitro benzene ring substituents is 1. The number of aromatic amines is 1. The summed E-state index contributed by atoms with van der Waals surface area (Å²) in [6.07, 6.45) is 0. The molecule has 1 aromatic carbocycles. The fraction of sp³-hybridized carbons (Fsp3) is 0.333. The molecule has 7 nitrogen and oxygen atoms in total. The van der Waals surface area contributed by atoms with E-state index < -0.39 is 16.4 Å². The Morgan fingerprint density at radius 2 is 2.24 bits per heavy atom. The Kier molecular flexibility index (Phi) is 4.41. The second-order valence-corrected chi connectivity index (χ2v) is 5.55. The minimum Gasteiger partial charge on any atom is -0.268 e. The van der Waals surface area contributed by atoms with E-state index >= 15 is 0 Å². The first-order valence-electron chi connectivity index (χ1n) is 6.12. The van der Waals surface area contributed by atoms with E-state index in [4.69, 9.17) is 0 Å². The summed E-state index contributed by atoms with van der Waals surface area (Å²) < 4.78 is 15.0. The van der Waals surface area contributed by atoms with E-state index in [1.165, 1.54) is 22.4 Å². The van der Waals surface area contributed by atoms with Gasteiger partial charge in [0.2, 0.25) is 5.82 Å². The van der Waals surface area contributed by atoms with Gasteiger partial charge < -0.3 is 0 Å². The number of hydrogen-bond donors (Lipinski definition) is 1. The monoisotopic (exact) mass is 312 g/mol. The fourth-order valence-electron chi connectivity index (χ4n) is 1.78. The van der Waals surface area contributed by atoms with Crippen LogP contribution in [0.15, 0.2) is 28.2 Å². The van der Waals surface area contributed by atoms with Gasteiger partial charge in [-0.1, -0.05) is 17.8 Å². The number of nitrogens with one attached hydrogen (secondary N) is 1. The molecule has 0 radical (unpaired) electrons. The van der Waals surface area contributed by atoms with E-state index in [2.05, 4.69) is 10.2 Å². The molecule has 0 saturated heterocycles. The summed E-state index contributed by atoms with van der Waals surface area (Å²) in [7, 11) is 0. The van der Waals surface area contributed by atoms with Crippen molar-refractivity contribution in [3.8, 4) is 0 Å². The normalized spacial score (nSPS) is 11.0. The molecule has 0 unspecified atom stereocenters. The predicted octanol–water partition coefficient (Wildman–Crippen LogP) is 2.49. The van der Waals surface area contributed by atoms with Crippen LogP contribution in [0.5, 0.6) is 0 Å². The summed E-state index contributed by atoms with van der Waals surface area (Å²) >= 11 is 1.26. The minimum absolute atomic E-state index is 0.0488. The van der Waals surface area contributed by atoms with Gasteiger partial charge in [-0.3, -0.25) is 14.7 Å². The van der Waals surface area contributed by atoms with Crippen molar-refractivity contribution in [3.63, 3.8) is 0 Å². The third kappa shape index (κ3) is 3.30. The molecule has 0 bridgehead atoms. The van der Waals surface area contributed by atoms with Gasteiger partial charge in [0.1, 0.15) is 0 Å². The molecule has 0 aliphatic rings. The molecule has 1 aromatic heterocycles. The van der Waals surface area contributed by atoms with Crippen LogP contribution in [-0.4, -0.2) is 19.7 Å². The molecule has 0 spiro atoms. The van der Waals surface area contributed by atoms with Crippen molar-refractivity contribution in [2.45, 2.75) is 30.8 Å². The summed E-state index contributed by atoms with van der Waals surface area (Å²) in [5, 5.41) is 17.3. The number of rotatable bonds is 5. The Balaban J connectivity index is 2.16. The van der Waals surface area contributed by atoms with E-state index in [9.17, 15) is 19.3 Å². The molecule has 1 heterocycles. The zero-order valence-corrected chi connectivity index (χ0v) is 12.2. The standard InChI is InChI=1S/C12H13FN4O3S/c1-7(2)16-11(18)14-15-12(16)21-6-8-3-4-10(17(19)20)9(13)5-8/h3-5,7H,6H2,1-2H3,(H,14,18). The van der Waals surface area contributed by atoms with Gasteiger partial charge in [-0.25, -0.2) is 9.89 Å². The highest BCUT2D eigenvalue weighted by Gasteiger charge is 2.15. The van der Waals surface area contributed by atoms with Crippen molar-refractivity contribution in [1.82, 2.24) is 14.8 Å². The van der Waals surface area contributed by atoms with Crippen LogP contribution in [0.25, 0.3) is 0 Å². The molecule has 1 N–H and O–H groups in total. The third-order valence-corrected chi connectivity index (χ3v) is 3.79. The van der Waals surface area contributed by atoms with E-state index in [0.29, 0.717) is 16.5 Å². The van der Waals surface area contributed by atoms with Crippen LogP contribution in [0.2, 0.25) is 0 Å². The quantitative estimate of drug-likeness (QED) is 0.520. The maximum atomic E-state index is 13.5. The van der Waals surface area contributed by atoms with Crippen LogP contribution >= 0.6 is 11.8 Å². The molecule has 0 atom stereocenters. The van der Waals surface area contributed by atoms with Crippen molar-refractivity contribution in [2.75, 3.05) is 0 Å². The second kappa shape index (κ2) is 6.08. The summed E-state index contributed by atoms with van der Waals surface area (Å²) in [6, 6.07) is 3.69. The summed E-state index contributed by atoms with van der Waals surface area (Å²) in [5.41, 5.74) is -0.279. The molecule has 2 aromatic rings. The van der Waals surface area contributed by atoms with Gasteiger partial charge >= 0.3 is 11.4 Å². The lowest BCUT2D eigenvalue weighted by Crippen LogP contribution is -2.19. The Morgan fingerprint density at radius 3 is 2.81 bits per heavy atom. The van der Waals surface area contributed by atoms with Crippen LogP contribution in [0, 0.1) is 15.9 Å². The van der Waals surface area contributed by atoms with Crippen molar-refractivity contribution < 1.29 is 9.31 Å². The number of nitrogens with zero attached hydrogens (tertiary/aromatic N) is 3. The molecule has 0 saturated carbocycles. The SMILES string of the molecule is CC(C)n1c(SCc2ccc([N+](=O)[O-])c(F)c2)n[nH]c1=O. The van der Waals surface area contributed by atoms with Crippen LogP contribution in [0.1, 0.15) is 25.5 Å². The average molecular weight is 312 g/mol. The smallest absolute Gasteiger partial charge is 0.268 e. The number of aromatic nitrogens is 3. The highest BCUT2D eigenvalue weighted by molar-refractivity contribution is 7.98. The molecule has 0 aliphatic carbocycles. The molecular weight excluding hydrogens is 299 g/mol. The lowest BCUT2D eigenvalue weighted by Gasteiger charge is -2.08. The Morgan fingerprint density at radius 1 is 1.52 bits per heavy atom. The fourth-order valence-corrected chi connectivity index (χ4v) is 2.80. The van der Waals surface area contributed by atoms with E-state index in [-0.39, 0.29) is 11.7 Å². The highest BCUT2D eigenvalue weighted by Crippen LogP contribution is 2.24. The average Bonchev–Trinajstić information content (AvgIpc) is 2.77. The van der Waals surface area contributed by atoms with E-state index in [0.717, 1.165) is 12.1 Å². The van der Waals surface area contributed by atoms with Crippen LogP contribution in [0.3, 0.4) is 0 Å². The molecule has 0 fully saturated rings. The largest absolute Gasteiger partial charge is 0.344 e. The Bertz CT molecular complexity index is 726. The molecule has 0 aliphatic heterocycles. The van der Waals surface area contributed by atoms with Gasteiger partial charge in [-0.15, -0.1) is 5.10 Å². The van der Waals surface area contributed by atoms with E-state index in [1.54, 1.807) is 0 Å². The van der Waals surface area contributed by atoms with Crippen molar-refractivity contribution >= 4 is 17.4 Å². The lowest BCUT2D eigenvalue weighted by molar-refractivity contribution is -0.387. The van der Waals surface area contributed by atoms with E-state index in [1.807, 2.05) is 13.8 Å². The number of thioether (sulfide) groups is 1. The number of hydrogen-bond acceptors (Lipinski definition) is 5. The number of H-pyrrole nitrogens is 1. The first kappa shape index (κ1) is 15.2. The van der Waals surface area contributed by atoms with Gasteiger partial charge in [0.05, 0.1) is 4.92 Å². The zero-order chi connectivity index (χ0) is 15.6. The van der Waals surface area contributed by atoms with Gasteiger partial charge in [0.25, 0.3) is 0 Å². The topological polar surface area (TPSA) is 93.8 Å². The third-order valence-electron chi connectivity index (χ3n) is 2.77. The Hall–Kier alpha value is -2.16. The number of halogens is 1. The zero-order valence-electron chi connectivity index (χ0n) is 11.4. The first-order chi connectivity index (χ1) is 9.90. The molecule has 21 heavy (non-hydrogen) atoms. The second-order valence-electron chi connectivity index (χ2n) is 4.61. The van der Waals surface area contributed by atoms with Crippen LogP contribution in [-0.2, 0) is 5.75 Å². The molecular formula is C12H13FN4O3S. The minimum atomic E-state index is -0.874. The van der Waals surface area contributed by atoms with Gasteiger partial charge in [0, 0.05) is 17.9 Å². The number of benzene rings is 1. The summed E-state index contributed by atoms with van der Waals surface area (Å²) in [5.74, 6) is -0.521. The maximum absolute atomic E-state index is 13.5. The first-order valence-corrected chi connectivity index (χ1v) is 7.11. The summed E-state index contributed by atoms with van der Waals surface area (Å²) in [6.45, 7) is 3.71. The number of nitro groups is 1. The van der Waals surface area contributed by atoms with Crippen molar-refractivity contribution in [2.24, 2.45) is 0 Å². The predicted molar refractivity (Wildman–Crippen MR) is 75.8 cm³/mol. The summed E-state index contributed by atoms with van der Waals surface area (Å²) in [4.78, 5) is 21.3. The van der Waals surface area contributed by atoms with Gasteiger partial charge in [-0.2, -0.15) is 4.39 Å². The van der Waals surface area contributed by atoms with Crippen LogP contribution in [0.4, 0.5) is 10.1 Å². The Labute approximate surface area is 123 Å². The molecule has 9 heteroatoms. The lowest BCUT2D eigenvalue weighted by atomic mass is 10.2. The highest BCUT2D eigenvalue weighted by atomic mass is 32.2. The van der Waals surface area contributed by atoms with Crippen molar-refractivity contribution in [3.05, 3.63) is 50.2 Å². The molecule has 0 amide bonds. The molecule has 2 rings (SSSR count).